The summed E-state index contributed by atoms with van der Waals surface area (Å²) in [6, 6.07) is 11.6. The van der Waals surface area contributed by atoms with E-state index in [1.54, 1.807) is 12.1 Å². The van der Waals surface area contributed by atoms with Gasteiger partial charge < -0.3 is 14.8 Å². The largest absolute Gasteiger partial charge is 0.493 e. The molecule has 0 saturated carbocycles. The number of sulfonamides is 1. The van der Waals surface area contributed by atoms with Gasteiger partial charge in [0.2, 0.25) is 5.78 Å². The van der Waals surface area contributed by atoms with E-state index < -0.39 is 27.5 Å². The van der Waals surface area contributed by atoms with Crippen LogP contribution in [-0.2, 0) is 14.8 Å². The molecule has 190 valence electrons. The number of ether oxygens (including phenoxy) is 2. The Kier molecular flexibility index (Phi) is 8.39. The van der Waals surface area contributed by atoms with Gasteiger partial charge >= 0.3 is 0 Å². The van der Waals surface area contributed by atoms with Crippen molar-refractivity contribution in [2.24, 2.45) is 0 Å². The van der Waals surface area contributed by atoms with Crippen molar-refractivity contribution >= 4 is 61.8 Å². The van der Waals surface area contributed by atoms with Crippen LogP contribution in [0.25, 0.3) is 0 Å². The Morgan fingerprint density at radius 2 is 1.81 bits per heavy atom. The van der Waals surface area contributed by atoms with Gasteiger partial charge in [-0.2, -0.15) is 0 Å². The molecule has 0 atom stereocenters. The molecule has 0 bridgehead atoms. The molecule has 12 heteroatoms. The highest BCUT2D eigenvalue weighted by Crippen LogP contribution is 2.36. The summed E-state index contributed by atoms with van der Waals surface area (Å²) in [7, 11) is -1.44. The molecule has 0 spiro atoms. The van der Waals surface area contributed by atoms with E-state index in [-0.39, 0.29) is 31.0 Å². The highest BCUT2D eigenvalue weighted by molar-refractivity contribution is 7.93. The summed E-state index contributed by atoms with van der Waals surface area (Å²) in [6.07, 6.45) is 0. The molecule has 0 unspecified atom stereocenters. The normalized spacial score (nSPS) is 11.0. The van der Waals surface area contributed by atoms with Crippen LogP contribution < -0.4 is 19.1 Å². The molecule has 0 aliphatic heterocycles. The fraction of sp³-hybridized carbons (Fsp3) is 0.208. The van der Waals surface area contributed by atoms with Crippen LogP contribution >= 0.6 is 22.9 Å². The number of amides is 1. The van der Waals surface area contributed by atoms with E-state index >= 15 is 0 Å². The van der Waals surface area contributed by atoms with Crippen LogP contribution in [0, 0.1) is 0 Å². The van der Waals surface area contributed by atoms with Gasteiger partial charge in [0.25, 0.3) is 15.9 Å². The molecule has 1 N–H and O–H groups in total. The lowest BCUT2D eigenvalue weighted by atomic mass is 10.1. The van der Waals surface area contributed by atoms with Crippen molar-refractivity contribution < 1.29 is 32.3 Å². The summed E-state index contributed by atoms with van der Waals surface area (Å²) in [5.74, 6) is -1.29. The second-order valence-electron chi connectivity index (χ2n) is 7.40. The predicted octanol–water partition coefficient (Wildman–Crippen LogP) is 4.66. The van der Waals surface area contributed by atoms with Crippen molar-refractivity contribution in [1.29, 1.82) is 0 Å². The molecule has 0 saturated heterocycles. The number of carbonyl (C=O) groups is 3. The van der Waals surface area contributed by atoms with Crippen molar-refractivity contribution in [1.82, 2.24) is 0 Å². The summed E-state index contributed by atoms with van der Waals surface area (Å²) >= 11 is 6.91. The maximum Gasteiger partial charge on any atom is 0.267 e. The number of anilines is 2. The molecule has 2 aromatic carbocycles. The fourth-order valence-corrected chi connectivity index (χ4v) is 6.11. The maximum absolute atomic E-state index is 13.5. The third-order valence-corrected chi connectivity index (χ3v) is 8.23. The molecule has 1 heterocycles. The molecule has 3 aromatic rings. The number of rotatable bonds is 10. The van der Waals surface area contributed by atoms with E-state index in [9.17, 15) is 22.8 Å². The summed E-state index contributed by atoms with van der Waals surface area (Å²) in [4.78, 5) is 36.0. The topological polar surface area (TPSA) is 119 Å². The average molecular weight is 551 g/mol. The lowest BCUT2D eigenvalue weighted by molar-refractivity contribution is -0.113. The fourth-order valence-electron chi connectivity index (χ4n) is 3.24. The Morgan fingerprint density at radius 1 is 1.08 bits per heavy atom. The number of carbonyl (C=O) groups excluding carboxylic acids is 3. The molecule has 0 aliphatic rings. The van der Waals surface area contributed by atoms with Gasteiger partial charge in [-0.05, 0) is 37.3 Å². The van der Waals surface area contributed by atoms with Crippen LogP contribution in [0.3, 0.4) is 0 Å². The SMILES string of the molecule is CCOc1ccc(N(C)S(=O)(=O)c2cc(Cl)sc2C(=O)Nc2cccc(C(=O)C(C)=O)c2)cc1OC. The molecule has 1 aromatic heterocycles. The Bertz CT molecular complexity index is 1430. The second kappa shape index (κ2) is 11.1. The number of nitrogens with zero attached hydrogens (tertiary/aromatic N) is 1. The maximum atomic E-state index is 13.5. The van der Waals surface area contributed by atoms with Crippen LogP contribution in [0.15, 0.2) is 53.4 Å². The number of hydrogen-bond acceptors (Lipinski definition) is 8. The van der Waals surface area contributed by atoms with Crippen LogP contribution in [0.4, 0.5) is 11.4 Å². The van der Waals surface area contributed by atoms with Crippen LogP contribution in [0.2, 0.25) is 4.34 Å². The first-order valence-corrected chi connectivity index (χ1v) is 13.2. The number of Topliss-reactive ketones (excluding diaryl/α,β-unsaturated/α-hetero) is 2. The van der Waals surface area contributed by atoms with E-state index in [4.69, 9.17) is 21.1 Å². The van der Waals surface area contributed by atoms with E-state index in [0.717, 1.165) is 22.6 Å². The molecule has 1 amide bonds. The molecular formula is C24H23ClN2O7S2. The zero-order valence-corrected chi connectivity index (χ0v) is 22.2. The summed E-state index contributed by atoms with van der Waals surface area (Å²) < 4.78 is 38.9. The third kappa shape index (κ3) is 5.69. The third-order valence-electron chi connectivity index (χ3n) is 5.03. The average Bonchev–Trinajstić information content (AvgIpc) is 3.26. The number of ketones is 2. The zero-order chi connectivity index (χ0) is 26.6. The first-order valence-electron chi connectivity index (χ1n) is 10.5. The molecule has 0 aliphatic carbocycles. The van der Waals surface area contributed by atoms with E-state index in [1.807, 2.05) is 6.92 Å². The van der Waals surface area contributed by atoms with E-state index in [1.165, 1.54) is 50.6 Å². The molecular weight excluding hydrogens is 528 g/mol. The van der Waals surface area contributed by atoms with Crippen molar-refractivity contribution in [3.63, 3.8) is 0 Å². The van der Waals surface area contributed by atoms with Crippen LogP contribution in [-0.4, -0.2) is 46.7 Å². The highest BCUT2D eigenvalue weighted by Gasteiger charge is 2.30. The van der Waals surface area contributed by atoms with Crippen molar-refractivity contribution in [3.8, 4) is 11.5 Å². The van der Waals surface area contributed by atoms with Crippen molar-refractivity contribution in [3.05, 3.63) is 63.3 Å². The summed E-state index contributed by atoms with van der Waals surface area (Å²) in [5, 5.41) is 2.57. The number of nitrogens with one attached hydrogen (secondary N) is 1. The van der Waals surface area contributed by atoms with Crippen LogP contribution in [0.1, 0.15) is 33.9 Å². The van der Waals surface area contributed by atoms with Crippen molar-refractivity contribution in [2.75, 3.05) is 30.4 Å². The molecule has 9 nitrogen and oxygen atoms in total. The molecule has 36 heavy (non-hydrogen) atoms. The van der Waals surface area contributed by atoms with E-state index in [2.05, 4.69) is 5.32 Å². The smallest absolute Gasteiger partial charge is 0.267 e. The lowest BCUT2D eigenvalue weighted by Gasteiger charge is -2.21. The quantitative estimate of drug-likeness (QED) is 0.288. The van der Waals surface area contributed by atoms with Gasteiger partial charge in [0, 0.05) is 31.3 Å². The summed E-state index contributed by atoms with van der Waals surface area (Å²) in [6.45, 7) is 3.37. The lowest BCUT2D eigenvalue weighted by Crippen LogP contribution is -2.28. The Labute approximate surface area is 217 Å². The number of thiophene rings is 1. The van der Waals surface area contributed by atoms with Gasteiger partial charge in [0.15, 0.2) is 17.3 Å². The summed E-state index contributed by atoms with van der Waals surface area (Å²) in [5.41, 5.74) is 0.588. The van der Waals surface area contributed by atoms with Gasteiger partial charge in [0.05, 0.1) is 23.7 Å². The first-order chi connectivity index (χ1) is 17.0. The second-order valence-corrected chi connectivity index (χ2v) is 11.0. The Balaban J connectivity index is 1.94. The van der Waals surface area contributed by atoms with Gasteiger partial charge in [-0.15, -0.1) is 11.3 Å². The molecule has 0 radical (unpaired) electrons. The minimum Gasteiger partial charge on any atom is -0.493 e. The number of methoxy groups -OCH3 is 1. The highest BCUT2D eigenvalue weighted by atomic mass is 35.5. The number of benzene rings is 2. The molecule has 3 rings (SSSR count). The number of hydrogen-bond donors (Lipinski definition) is 1. The first kappa shape index (κ1) is 27.2. The van der Waals surface area contributed by atoms with Gasteiger partial charge in [-0.1, -0.05) is 23.7 Å². The van der Waals surface area contributed by atoms with E-state index in [0.29, 0.717) is 18.1 Å². The van der Waals surface area contributed by atoms with Crippen LogP contribution in [0.5, 0.6) is 11.5 Å². The standard InChI is InChI=1S/C24H23ClN2O7S2/c1-5-34-18-10-9-17(12-19(18)33-4)27(3)36(31,32)20-13-21(25)35-23(20)24(30)26-16-8-6-7-15(11-16)22(29)14(2)28/h6-13H,5H2,1-4H3,(H,26,30). The molecule has 0 fully saturated rings. The Hall–Kier alpha value is -3.41. The Morgan fingerprint density at radius 3 is 2.44 bits per heavy atom. The minimum atomic E-state index is -4.22. The number of halogens is 1. The predicted molar refractivity (Wildman–Crippen MR) is 138 cm³/mol. The van der Waals surface area contributed by atoms with Crippen molar-refractivity contribution in [2.45, 2.75) is 18.7 Å². The van der Waals surface area contributed by atoms with Gasteiger partial charge in [-0.25, -0.2) is 8.42 Å². The zero-order valence-electron chi connectivity index (χ0n) is 19.8. The minimum absolute atomic E-state index is 0.0944. The van der Waals surface area contributed by atoms with Gasteiger partial charge in [-0.3, -0.25) is 18.7 Å². The monoisotopic (exact) mass is 550 g/mol. The van der Waals surface area contributed by atoms with Gasteiger partial charge in [0.1, 0.15) is 9.77 Å².